The number of aromatic amines is 1. The lowest BCUT2D eigenvalue weighted by atomic mass is 10.8. The van der Waals surface area contributed by atoms with Crippen LogP contribution in [0.25, 0.3) is 0 Å². The highest BCUT2D eigenvalue weighted by atomic mass is 16.5. The third kappa shape index (κ3) is 2.94. The van der Waals surface area contributed by atoms with Crippen LogP contribution in [0.4, 0.5) is 5.82 Å². The van der Waals surface area contributed by atoms with Crippen molar-refractivity contribution in [3.8, 4) is 0 Å². The molecule has 2 heterocycles. The first kappa shape index (κ1) is 7.19. The normalized spacial score (nSPS) is 8.36. The summed E-state index contributed by atoms with van der Waals surface area (Å²) < 4.78 is 4.23. The molecule has 0 aliphatic rings. The molecule has 0 aliphatic carbocycles. The van der Waals surface area contributed by atoms with Crippen LogP contribution >= 0.6 is 0 Å². The Labute approximate surface area is 61.6 Å². The van der Waals surface area contributed by atoms with Gasteiger partial charge >= 0.3 is 0 Å². The molecule has 58 valence electrons. The minimum absolute atomic E-state index is 0.315. The highest BCUT2D eigenvalue weighted by molar-refractivity contribution is 5.16. The number of hydrogen-bond acceptors (Lipinski definition) is 6. The van der Waals surface area contributed by atoms with Crippen molar-refractivity contribution in [1.82, 2.24) is 25.8 Å². The van der Waals surface area contributed by atoms with Crippen LogP contribution < -0.4 is 5.73 Å². The minimum Gasteiger partial charge on any atom is -0.379 e. The number of aromatic nitrogens is 5. The fourth-order valence-electron chi connectivity index (χ4n) is 0.339. The van der Waals surface area contributed by atoms with E-state index in [0.29, 0.717) is 5.82 Å². The molecule has 0 saturated carbocycles. The smallest absolute Gasteiger partial charge is 0.187 e. The number of anilines is 1. The topological polar surface area (TPSA) is 107 Å². The van der Waals surface area contributed by atoms with E-state index in [9.17, 15) is 0 Å². The molecule has 0 atom stereocenters. The van der Waals surface area contributed by atoms with Crippen LogP contribution in [0.15, 0.2) is 23.2 Å². The summed E-state index contributed by atoms with van der Waals surface area (Å²) in [7, 11) is 0. The van der Waals surface area contributed by atoms with Gasteiger partial charge in [-0.05, 0) is 0 Å². The second kappa shape index (κ2) is 3.99. The molecule has 2 aromatic rings. The van der Waals surface area contributed by atoms with Crippen LogP contribution in [0, 0.1) is 0 Å². The summed E-state index contributed by atoms with van der Waals surface area (Å²) in [5, 5.41) is 15.6. The second-order valence-electron chi connectivity index (χ2n) is 1.49. The van der Waals surface area contributed by atoms with E-state index in [1.54, 1.807) is 12.4 Å². The lowest BCUT2D eigenvalue weighted by Gasteiger charge is -1.61. The molecule has 0 bridgehead atoms. The molecule has 0 spiro atoms. The lowest BCUT2D eigenvalue weighted by Crippen LogP contribution is -1.81. The molecule has 0 aromatic carbocycles. The van der Waals surface area contributed by atoms with Crippen molar-refractivity contribution in [2.75, 3.05) is 5.73 Å². The number of rotatable bonds is 0. The molecule has 11 heavy (non-hydrogen) atoms. The van der Waals surface area contributed by atoms with Gasteiger partial charge in [-0.2, -0.15) is 0 Å². The maximum atomic E-state index is 5.01. The number of nitrogen functional groups attached to an aromatic ring is 1. The van der Waals surface area contributed by atoms with Gasteiger partial charge in [0.15, 0.2) is 12.1 Å². The number of nitrogens with zero attached hydrogens (tertiary/aromatic N) is 4. The van der Waals surface area contributed by atoms with Gasteiger partial charge in [0.2, 0.25) is 0 Å². The Balaban J connectivity index is 0.000000112. The second-order valence-corrected chi connectivity index (χ2v) is 1.49. The molecule has 0 aliphatic heterocycles. The maximum Gasteiger partial charge on any atom is 0.187 e. The van der Waals surface area contributed by atoms with E-state index in [4.69, 9.17) is 5.73 Å². The zero-order valence-electron chi connectivity index (χ0n) is 5.51. The van der Waals surface area contributed by atoms with Crippen LogP contribution in [0.3, 0.4) is 0 Å². The molecular formula is C4H6N6O. The summed E-state index contributed by atoms with van der Waals surface area (Å²) in [4.78, 5) is 0. The Morgan fingerprint density at radius 1 is 1.55 bits per heavy atom. The number of H-pyrrole nitrogens is 1. The first-order chi connectivity index (χ1) is 5.39. The molecule has 0 unspecified atom stereocenters. The van der Waals surface area contributed by atoms with Crippen molar-refractivity contribution in [3.63, 3.8) is 0 Å². The van der Waals surface area contributed by atoms with Crippen LogP contribution in [0.1, 0.15) is 0 Å². The third-order valence-electron chi connectivity index (χ3n) is 0.708. The molecule has 0 saturated heterocycles. The van der Waals surface area contributed by atoms with Crippen molar-refractivity contribution < 1.29 is 4.52 Å². The first-order valence-electron chi connectivity index (χ1n) is 2.72. The fraction of sp³-hybridized carbons (Fsp3) is 0. The highest BCUT2D eigenvalue weighted by Crippen LogP contribution is 1.85. The zero-order valence-corrected chi connectivity index (χ0v) is 5.51. The zero-order chi connectivity index (χ0) is 7.94. The number of hydrogen-bond donors (Lipinski definition) is 2. The molecule has 3 N–H and O–H groups in total. The predicted octanol–water partition coefficient (Wildman–Crippen LogP) is -0.544. The van der Waals surface area contributed by atoms with E-state index in [1.165, 1.54) is 6.26 Å². The highest BCUT2D eigenvalue weighted by Gasteiger charge is 1.80. The van der Waals surface area contributed by atoms with E-state index in [1.807, 2.05) is 0 Å². The first-order valence-corrected chi connectivity index (χ1v) is 2.72. The predicted molar refractivity (Wildman–Crippen MR) is 35.1 cm³/mol. The number of nitrogens with one attached hydrogen (secondary N) is 1. The Morgan fingerprint density at radius 3 is 2.64 bits per heavy atom. The fourth-order valence-corrected chi connectivity index (χ4v) is 0.339. The van der Waals surface area contributed by atoms with E-state index in [2.05, 4.69) is 30.3 Å². The van der Waals surface area contributed by atoms with Gasteiger partial charge in [-0.3, -0.25) is 5.10 Å². The van der Waals surface area contributed by atoms with Crippen molar-refractivity contribution in [1.29, 1.82) is 0 Å². The van der Waals surface area contributed by atoms with Crippen LogP contribution in [0.5, 0.6) is 0 Å². The summed E-state index contributed by atoms with van der Waals surface area (Å²) >= 11 is 0. The van der Waals surface area contributed by atoms with E-state index < -0.39 is 0 Å². The van der Waals surface area contributed by atoms with Gasteiger partial charge in [0.05, 0.1) is 6.20 Å². The molecule has 0 radical (unpaired) electrons. The Morgan fingerprint density at radius 2 is 2.45 bits per heavy atom. The monoisotopic (exact) mass is 154 g/mol. The van der Waals surface area contributed by atoms with Crippen LogP contribution in [0.2, 0.25) is 0 Å². The number of nitrogens with two attached hydrogens (primary N) is 1. The maximum absolute atomic E-state index is 5.01. The average Bonchev–Trinajstić information content (AvgIpc) is 2.57. The van der Waals surface area contributed by atoms with Gasteiger partial charge in [-0.15, -0.1) is 5.10 Å². The van der Waals surface area contributed by atoms with Crippen molar-refractivity contribution >= 4 is 5.82 Å². The lowest BCUT2D eigenvalue weighted by molar-refractivity contribution is 0.393. The Bertz CT molecular complexity index is 233. The summed E-state index contributed by atoms with van der Waals surface area (Å²) in [5.74, 6) is 0.315. The Kier molecular flexibility index (Phi) is 2.61. The van der Waals surface area contributed by atoms with Crippen molar-refractivity contribution in [2.45, 2.75) is 0 Å². The molecule has 7 heteroatoms. The van der Waals surface area contributed by atoms with Gasteiger partial charge < -0.3 is 10.3 Å². The standard InChI is InChI=1S/C2H3N3O.C2H3N3/c3-2-1-6-5-4-2;1-2-4-5-3-1/h1H,3H2;1-2H,(H,3,4,5). The van der Waals surface area contributed by atoms with Gasteiger partial charge in [0.25, 0.3) is 0 Å². The van der Waals surface area contributed by atoms with E-state index in [-0.39, 0.29) is 0 Å². The third-order valence-corrected chi connectivity index (χ3v) is 0.708. The molecule has 2 aromatic heterocycles. The minimum atomic E-state index is 0.315. The molecule has 0 amide bonds. The van der Waals surface area contributed by atoms with Gasteiger partial charge in [-0.25, -0.2) is 0 Å². The molecular weight excluding hydrogens is 148 g/mol. The van der Waals surface area contributed by atoms with Crippen molar-refractivity contribution in [3.05, 3.63) is 18.7 Å². The Hall–Kier alpha value is -1.92. The van der Waals surface area contributed by atoms with Crippen LogP contribution in [-0.2, 0) is 0 Å². The van der Waals surface area contributed by atoms with E-state index in [0.717, 1.165) is 0 Å². The summed E-state index contributed by atoms with van der Waals surface area (Å²) in [5.41, 5.74) is 5.01. The summed E-state index contributed by atoms with van der Waals surface area (Å²) in [6.07, 6.45) is 4.50. The van der Waals surface area contributed by atoms with Gasteiger partial charge in [0, 0.05) is 11.5 Å². The average molecular weight is 154 g/mol. The van der Waals surface area contributed by atoms with E-state index >= 15 is 0 Å². The summed E-state index contributed by atoms with van der Waals surface area (Å²) in [6, 6.07) is 0. The molecule has 0 fully saturated rings. The molecule has 7 nitrogen and oxygen atoms in total. The van der Waals surface area contributed by atoms with Gasteiger partial charge in [0.1, 0.15) is 0 Å². The SMILES string of the molecule is Nc1conn1.c1c[nH]nn1. The molecule has 2 rings (SSSR count). The van der Waals surface area contributed by atoms with Crippen LogP contribution in [-0.4, -0.2) is 25.8 Å². The van der Waals surface area contributed by atoms with Crippen molar-refractivity contribution in [2.24, 2.45) is 0 Å². The van der Waals surface area contributed by atoms with Gasteiger partial charge in [-0.1, -0.05) is 10.3 Å². The quantitative estimate of drug-likeness (QED) is 0.527. The largest absolute Gasteiger partial charge is 0.379 e. The summed E-state index contributed by atoms with van der Waals surface area (Å²) in [6.45, 7) is 0.